The molecule has 2 saturated heterocycles. The van der Waals surface area contributed by atoms with Crippen LogP contribution in [0.5, 0.6) is 0 Å². The molecule has 0 unspecified atom stereocenters. The van der Waals surface area contributed by atoms with E-state index in [4.69, 9.17) is 15.2 Å². The van der Waals surface area contributed by atoms with Crippen LogP contribution in [-0.4, -0.2) is 31.3 Å². The largest absolute Gasteiger partial charge is 0.465 e. The number of ether oxygens (including phenoxy) is 2. The van der Waals surface area contributed by atoms with E-state index in [9.17, 15) is 4.79 Å². The van der Waals surface area contributed by atoms with Gasteiger partial charge in [-0.3, -0.25) is 4.79 Å². The van der Waals surface area contributed by atoms with E-state index in [-0.39, 0.29) is 11.5 Å². The molecule has 2 N–H and O–H groups in total. The van der Waals surface area contributed by atoms with Crippen LogP contribution in [-0.2, 0) is 14.3 Å². The maximum atomic E-state index is 11.9. The van der Waals surface area contributed by atoms with Gasteiger partial charge in [0, 0.05) is 5.54 Å². The monoisotopic (exact) mass is 213 g/mol. The van der Waals surface area contributed by atoms with Gasteiger partial charge in [-0.15, -0.1) is 0 Å². The van der Waals surface area contributed by atoms with Crippen LogP contribution >= 0.6 is 0 Å². The molecular formula is C11H19NO3. The minimum atomic E-state index is -0.407. The maximum Gasteiger partial charge on any atom is 0.314 e. The number of carbonyl (C=O) groups excluding carboxylic acids is 1. The molecule has 86 valence electrons. The Morgan fingerprint density at radius 3 is 2.60 bits per heavy atom. The first-order chi connectivity index (χ1) is 7.10. The molecule has 0 aromatic heterocycles. The third kappa shape index (κ3) is 1.88. The lowest BCUT2D eigenvalue weighted by atomic mass is 9.69. The Hall–Kier alpha value is -0.610. The molecule has 2 heterocycles. The summed E-state index contributed by atoms with van der Waals surface area (Å²) in [5.41, 5.74) is 5.54. The number of hydrogen-bond acceptors (Lipinski definition) is 4. The van der Waals surface area contributed by atoms with Crippen molar-refractivity contribution in [1.29, 1.82) is 0 Å². The van der Waals surface area contributed by atoms with Gasteiger partial charge in [0.05, 0.1) is 25.2 Å². The highest BCUT2D eigenvalue weighted by molar-refractivity contribution is 5.77. The number of carbonyl (C=O) groups is 1. The van der Waals surface area contributed by atoms with Gasteiger partial charge in [-0.05, 0) is 32.6 Å². The van der Waals surface area contributed by atoms with Crippen LogP contribution in [0.3, 0.4) is 0 Å². The van der Waals surface area contributed by atoms with E-state index in [1.807, 2.05) is 6.92 Å². The van der Waals surface area contributed by atoms with Crippen molar-refractivity contribution in [1.82, 2.24) is 0 Å². The number of nitrogens with two attached hydrogens (primary N) is 1. The first kappa shape index (κ1) is 10.9. The lowest BCUT2D eigenvalue weighted by Gasteiger charge is -2.37. The van der Waals surface area contributed by atoms with Crippen LogP contribution in [0.4, 0.5) is 0 Å². The fraction of sp³-hybridized carbons (Fsp3) is 0.909. The molecule has 3 fully saturated rings. The van der Waals surface area contributed by atoms with Crippen molar-refractivity contribution >= 4 is 5.97 Å². The van der Waals surface area contributed by atoms with Crippen LogP contribution in [0, 0.1) is 5.41 Å². The minimum Gasteiger partial charge on any atom is -0.465 e. The van der Waals surface area contributed by atoms with E-state index in [1.165, 1.54) is 0 Å². The molecular weight excluding hydrogens is 194 g/mol. The van der Waals surface area contributed by atoms with Gasteiger partial charge in [-0.2, -0.15) is 0 Å². The van der Waals surface area contributed by atoms with E-state index >= 15 is 0 Å². The number of rotatable bonds is 2. The van der Waals surface area contributed by atoms with Crippen molar-refractivity contribution in [3.8, 4) is 0 Å². The molecule has 2 bridgehead atoms. The Morgan fingerprint density at radius 2 is 2.00 bits per heavy atom. The zero-order valence-electron chi connectivity index (χ0n) is 9.25. The van der Waals surface area contributed by atoms with Gasteiger partial charge in [-0.25, -0.2) is 0 Å². The Bertz CT molecular complexity index is 257. The van der Waals surface area contributed by atoms with Gasteiger partial charge in [0.1, 0.15) is 0 Å². The van der Waals surface area contributed by atoms with Gasteiger partial charge >= 0.3 is 5.97 Å². The minimum absolute atomic E-state index is 0.103. The lowest BCUT2D eigenvalue weighted by Crippen LogP contribution is -2.48. The first-order valence-corrected chi connectivity index (χ1v) is 5.64. The van der Waals surface area contributed by atoms with Gasteiger partial charge in [0.25, 0.3) is 0 Å². The molecule has 1 saturated carbocycles. The van der Waals surface area contributed by atoms with E-state index < -0.39 is 5.41 Å². The van der Waals surface area contributed by atoms with E-state index in [0.29, 0.717) is 19.8 Å². The van der Waals surface area contributed by atoms with Gasteiger partial charge in [-0.1, -0.05) is 0 Å². The molecule has 0 spiro atoms. The summed E-state index contributed by atoms with van der Waals surface area (Å²) in [4.78, 5) is 11.9. The maximum absolute atomic E-state index is 11.9. The highest BCUT2D eigenvalue weighted by Gasteiger charge is 2.49. The lowest BCUT2D eigenvalue weighted by molar-refractivity contribution is -0.159. The molecule has 0 aromatic rings. The molecule has 15 heavy (non-hydrogen) atoms. The number of hydrogen-bond donors (Lipinski definition) is 1. The van der Waals surface area contributed by atoms with Crippen LogP contribution in [0.15, 0.2) is 0 Å². The summed E-state index contributed by atoms with van der Waals surface area (Å²) in [6.07, 6.45) is 3.35. The van der Waals surface area contributed by atoms with E-state index in [0.717, 1.165) is 25.7 Å². The predicted molar refractivity (Wildman–Crippen MR) is 55.3 cm³/mol. The van der Waals surface area contributed by atoms with Gasteiger partial charge in [0.2, 0.25) is 0 Å². The predicted octanol–water partition coefficient (Wildman–Crippen LogP) is 0.838. The summed E-state index contributed by atoms with van der Waals surface area (Å²) in [6.45, 7) is 3.33. The highest BCUT2D eigenvalue weighted by Crippen LogP contribution is 2.44. The zero-order chi connectivity index (χ0) is 10.9. The second-order valence-corrected chi connectivity index (χ2v) is 4.86. The van der Waals surface area contributed by atoms with Crippen molar-refractivity contribution in [2.24, 2.45) is 11.1 Å². The highest BCUT2D eigenvalue weighted by atomic mass is 16.5. The van der Waals surface area contributed by atoms with Crippen LogP contribution in [0.25, 0.3) is 0 Å². The van der Waals surface area contributed by atoms with Gasteiger partial charge in [0.15, 0.2) is 0 Å². The van der Waals surface area contributed by atoms with Crippen LogP contribution in [0.2, 0.25) is 0 Å². The summed E-state index contributed by atoms with van der Waals surface area (Å²) in [7, 11) is 0. The van der Waals surface area contributed by atoms with Crippen molar-refractivity contribution in [3.05, 3.63) is 0 Å². The standard InChI is InChI=1S/C11H19NO3/c1-2-15-9(13)10-3-5-11(12,6-4-10)8-14-7-10/h2-8,12H2,1H3. The third-order valence-corrected chi connectivity index (χ3v) is 3.68. The SMILES string of the molecule is CCOC(=O)C12CCC(N)(CC1)COC2. The topological polar surface area (TPSA) is 61.5 Å². The van der Waals surface area contributed by atoms with E-state index in [1.54, 1.807) is 0 Å². The summed E-state index contributed by atoms with van der Waals surface area (Å²) >= 11 is 0. The Balaban J connectivity index is 2.13. The Morgan fingerprint density at radius 1 is 1.33 bits per heavy atom. The fourth-order valence-electron chi connectivity index (χ4n) is 2.51. The average Bonchev–Trinajstić information content (AvgIpc) is 2.48. The smallest absolute Gasteiger partial charge is 0.314 e. The molecule has 4 heteroatoms. The summed E-state index contributed by atoms with van der Waals surface area (Å²) in [5.74, 6) is -0.103. The van der Waals surface area contributed by atoms with Crippen molar-refractivity contribution in [2.75, 3.05) is 19.8 Å². The average molecular weight is 213 g/mol. The molecule has 0 radical (unpaired) electrons. The second-order valence-electron chi connectivity index (χ2n) is 4.86. The molecule has 0 atom stereocenters. The Kier molecular flexibility index (Phi) is 2.73. The number of esters is 1. The Labute approximate surface area is 90.1 Å². The molecule has 4 nitrogen and oxygen atoms in total. The third-order valence-electron chi connectivity index (χ3n) is 3.68. The van der Waals surface area contributed by atoms with E-state index in [2.05, 4.69) is 0 Å². The van der Waals surface area contributed by atoms with Crippen molar-refractivity contribution in [3.63, 3.8) is 0 Å². The molecule has 3 aliphatic rings. The van der Waals surface area contributed by atoms with Crippen molar-refractivity contribution < 1.29 is 14.3 Å². The molecule has 0 amide bonds. The first-order valence-electron chi connectivity index (χ1n) is 5.64. The summed E-state index contributed by atoms with van der Waals surface area (Å²) in [6, 6.07) is 0. The van der Waals surface area contributed by atoms with Crippen LogP contribution in [0.1, 0.15) is 32.6 Å². The zero-order valence-corrected chi connectivity index (χ0v) is 9.25. The molecule has 0 aromatic carbocycles. The van der Waals surface area contributed by atoms with Crippen molar-refractivity contribution in [2.45, 2.75) is 38.1 Å². The van der Waals surface area contributed by atoms with Crippen LogP contribution < -0.4 is 5.73 Å². The molecule has 1 aliphatic carbocycles. The quantitative estimate of drug-likeness (QED) is 0.690. The molecule has 2 aliphatic heterocycles. The summed E-state index contributed by atoms with van der Waals surface area (Å²) < 4.78 is 10.7. The van der Waals surface area contributed by atoms with Gasteiger partial charge < -0.3 is 15.2 Å². The number of fused-ring (bicyclic) bond motifs is 4. The summed E-state index contributed by atoms with van der Waals surface area (Å²) in [5, 5.41) is 0. The second kappa shape index (κ2) is 3.76. The fourth-order valence-corrected chi connectivity index (χ4v) is 2.51. The molecule has 3 rings (SSSR count). The normalized spacial score (nSPS) is 39.9.